The van der Waals surface area contributed by atoms with Gasteiger partial charge in [0.05, 0.1) is 22.3 Å². The highest BCUT2D eigenvalue weighted by Crippen LogP contribution is 2.21. The van der Waals surface area contributed by atoms with Crippen molar-refractivity contribution in [3.05, 3.63) is 64.4 Å². The number of fused-ring (bicyclic) bond motifs is 1. The number of hydrogen-bond acceptors (Lipinski definition) is 5. The molecular weight excluding hydrogens is 400 g/mol. The second-order valence-corrected chi connectivity index (χ2v) is 8.27. The molecule has 0 spiro atoms. The van der Waals surface area contributed by atoms with Gasteiger partial charge >= 0.3 is 6.03 Å². The van der Waals surface area contributed by atoms with Gasteiger partial charge in [0.2, 0.25) is 5.91 Å². The lowest BCUT2D eigenvalue weighted by Gasteiger charge is -2.13. The minimum absolute atomic E-state index is 0.0499. The van der Waals surface area contributed by atoms with Gasteiger partial charge in [-0.05, 0) is 37.1 Å². The van der Waals surface area contributed by atoms with E-state index in [1.165, 1.54) is 4.57 Å². The molecule has 3 amide bonds. The van der Waals surface area contributed by atoms with Crippen molar-refractivity contribution in [1.29, 1.82) is 0 Å². The third kappa shape index (κ3) is 5.27. The zero-order valence-electron chi connectivity index (χ0n) is 17.1. The first-order valence-corrected chi connectivity index (χ1v) is 10.6. The van der Waals surface area contributed by atoms with Gasteiger partial charge in [-0.1, -0.05) is 55.4 Å². The molecule has 3 aromatic rings. The van der Waals surface area contributed by atoms with Gasteiger partial charge in [0.25, 0.3) is 5.56 Å². The summed E-state index contributed by atoms with van der Waals surface area (Å²) in [5.74, 6) is -0.226. The molecule has 0 atom stereocenters. The van der Waals surface area contributed by atoms with E-state index in [1.54, 1.807) is 18.2 Å². The molecule has 2 aromatic carbocycles. The second kappa shape index (κ2) is 9.58. The van der Waals surface area contributed by atoms with Crippen LogP contribution in [0.5, 0.6) is 0 Å². The maximum atomic E-state index is 13.2. The topological polar surface area (TPSA) is 93.1 Å². The summed E-state index contributed by atoms with van der Waals surface area (Å²) in [5, 5.41) is 5.82. The van der Waals surface area contributed by atoms with E-state index in [1.807, 2.05) is 51.1 Å². The van der Waals surface area contributed by atoms with Crippen LogP contribution in [0.3, 0.4) is 0 Å². The summed E-state index contributed by atoms with van der Waals surface area (Å²) in [6.45, 7) is 6.38. The summed E-state index contributed by atoms with van der Waals surface area (Å²) in [4.78, 5) is 41.7. The molecule has 7 nitrogen and oxygen atoms in total. The number of carbonyl (C=O) groups is 2. The number of nitrogens with one attached hydrogen (secondary N) is 2. The summed E-state index contributed by atoms with van der Waals surface area (Å²) < 4.78 is 1.50. The number of hydrogen-bond donors (Lipinski definition) is 2. The fourth-order valence-corrected chi connectivity index (χ4v) is 3.58. The van der Waals surface area contributed by atoms with Crippen molar-refractivity contribution in [2.24, 2.45) is 5.92 Å². The first-order valence-electron chi connectivity index (χ1n) is 9.64. The Balaban J connectivity index is 1.86. The number of carbonyl (C=O) groups excluding carboxylic acids is 2. The number of thioether (sulfide) groups is 1. The molecule has 0 bridgehead atoms. The van der Waals surface area contributed by atoms with Gasteiger partial charge < -0.3 is 5.32 Å². The molecule has 1 aromatic heterocycles. The highest BCUT2D eigenvalue weighted by molar-refractivity contribution is 7.99. The van der Waals surface area contributed by atoms with Crippen LogP contribution in [0.2, 0.25) is 0 Å². The Bertz CT molecular complexity index is 1120. The van der Waals surface area contributed by atoms with Crippen LogP contribution < -0.4 is 16.2 Å². The van der Waals surface area contributed by atoms with Gasteiger partial charge in [0.15, 0.2) is 5.16 Å². The fraction of sp³-hybridized carbons (Fsp3) is 0.273. The lowest BCUT2D eigenvalue weighted by molar-refractivity contribution is -0.117. The molecule has 0 aliphatic carbocycles. The summed E-state index contributed by atoms with van der Waals surface area (Å²) >= 11 is 1.11. The largest absolute Gasteiger partial charge is 0.338 e. The second-order valence-electron chi connectivity index (χ2n) is 7.33. The minimum Gasteiger partial charge on any atom is -0.338 e. The molecular formula is C22H24N4O3S. The smallest absolute Gasteiger partial charge is 0.321 e. The number of aryl methyl sites for hydroxylation is 1. The van der Waals surface area contributed by atoms with Gasteiger partial charge in [0.1, 0.15) is 0 Å². The monoisotopic (exact) mass is 424 g/mol. The maximum Gasteiger partial charge on any atom is 0.321 e. The first-order chi connectivity index (χ1) is 14.3. The molecule has 0 unspecified atom stereocenters. The number of imide groups is 1. The van der Waals surface area contributed by atoms with E-state index in [2.05, 4.69) is 15.6 Å². The third-order valence-corrected chi connectivity index (χ3v) is 5.23. The van der Waals surface area contributed by atoms with Crippen LogP contribution >= 0.6 is 11.8 Å². The van der Waals surface area contributed by atoms with Crippen molar-refractivity contribution in [1.82, 2.24) is 20.2 Å². The van der Waals surface area contributed by atoms with E-state index in [9.17, 15) is 14.4 Å². The van der Waals surface area contributed by atoms with Crippen LogP contribution in [0.4, 0.5) is 4.79 Å². The predicted octanol–water partition coefficient (Wildman–Crippen LogP) is 3.27. The number of rotatable bonds is 6. The quantitative estimate of drug-likeness (QED) is 0.468. The van der Waals surface area contributed by atoms with E-state index in [0.29, 0.717) is 28.3 Å². The van der Waals surface area contributed by atoms with Gasteiger partial charge in [-0.25, -0.2) is 9.78 Å². The zero-order valence-corrected chi connectivity index (χ0v) is 18.0. The number of urea groups is 1. The highest BCUT2D eigenvalue weighted by atomic mass is 32.2. The Morgan fingerprint density at radius 2 is 1.80 bits per heavy atom. The van der Waals surface area contributed by atoms with Crippen molar-refractivity contribution in [2.75, 3.05) is 12.3 Å². The number of nitrogens with zero attached hydrogens (tertiary/aromatic N) is 2. The molecule has 0 fully saturated rings. The average molecular weight is 425 g/mol. The number of aromatic nitrogens is 2. The van der Waals surface area contributed by atoms with E-state index >= 15 is 0 Å². The molecule has 8 heteroatoms. The SMILES string of the molecule is Cc1ccc(-n2c(SCC(=O)NC(=O)NCC(C)C)nc3ccccc3c2=O)cc1. The van der Waals surface area contributed by atoms with E-state index in [-0.39, 0.29) is 17.2 Å². The van der Waals surface area contributed by atoms with Crippen LogP contribution in [0.15, 0.2) is 58.5 Å². The molecule has 30 heavy (non-hydrogen) atoms. The third-order valence-electron chi connectivity index (χ3n) is 4.29. The van der Waals surface area contributed by atoms with Gasteiger partial charge in [-0.15, -0.1) is 0 Å². The Morgan fingerprint density at radius 3 is 2.50 bits per heavy atom. The molecule has 0 radical (unpaired) electrons. The van der Waals surface area contributed by atoms with Gasteiger partial charge in [-0.2, -0.15) is 0 Å². The standard InChI is InChI=1S/C22H24N4O3S/c1-14(2)12-23-21(29)25-19(27)13-30-22-24-18-7-5-4-6-17(18)20(28)26(22)16-10-8-15(3)9-11-16/h4-11,14H,12-13H2,1-3H3,(H2,23,25,27,29). The lowest BCUT2D eigenvalue weighted by Crippen LogP contribution is -2.41. The summed E-state index contributed by atoms with van der Waals surface area (Å²) in [6, 6.07) is 14.1. The first kappa shape index (κ1) is 21.6. The number of amides is 3. The minimum atomic E-state index is -0.531. The molecule has 0 aliphatic rings. The van der Waals surface area contributed by atoms with Crippen LogP contribution in [-0.4, -0.2) is 33.8 Å². The lowest BCUT2D eigenvalue weighted by atomic mass is 10.2. The van der Waals surface area contributed by atoms with Gasteiger partial charge in [-0.3, -0.25) is 19.5 Å². The molecule has 156 valence electrons. The van der Waals surface area contributed by atoms with Crippen molar-refractivity contribution < 1.29 is 9.59 Å². The van der Waals surface area contributed by atoms with E-state index in [4.69, 9.17) is 0 Å². The maximum absolute atomic E-state index is 13.2. The van der Waals surface area contributed by atoms with Crippen LogP contribution in [0, 0.1) is 12.8 Å². The average Bonchev–Trinajstić information content (AvgIpc) is 2.72. The predicted molar refractivity (Wildman–Crippen MR) is 119 cm³/mol. The normalized spacial score (nSPS) is 10.9. The van der Waals surface area contributed by atoms with Crippen molar-refractivity contribution >= 4 is 34.6 Å². The van der Waals surface area contributed by atoms with Crippen LogP contribution in [0.25, 0.3) is 16.6 Å². The van der Waals surface area contributed by atoms with Crippen molar-refractivity contribution in [3.63, 3.8) is 0 Å². The molecule has 1 heterocycles. The fourth-order valence-electron chi connectivity index (χ4n) is 2.76. The molecule has 3 rings (SSSR count). The molecule has 2 N–H and O–H groups in total. The Labute approximate surface area is 178 Å². The summed E-state index contributed by atoms with van der Waals surface area (Å²) in [7, 11) is 0. The molecule has 0 saturated heterocycles. The van der Waals surface area contributed by atoms with Crippen molar-refractivity contribution in [2.45, 2.75) is 25.9 Å². The Kier molecular flexibility index (Phi) is 6.89. The number of benzene rings is 2. The number of para-hydroxylation sites is 1. The molecule has 0 aliphatic heterocycles. The summed E-state index contributed by atoms with van der Waals surface area (Å²) in [5.41, 5.74) is 2.09. The Morgan fingerprint density at radius 1 is 1.10 bits per heavy atom. The van der Waals surface area contributed by atoms with Gasteiger partial charge in [0, 0.05) is 6.54 Å². The molecule has 0 saturated carbocycles. The zero-order chi connectivity index (χ0) is 21.7. The summed E-state index contributed by atoms with van der Waals surface area (Å²) in [6.07, 6.45) is 0. The Hall–Kier alpha value is -3.13. The van der Waals surface area contributed by atoms with Crippen LogP contribution in [0.1, 0.15) is 19.4 Å². The highest BCUT2D eigenvalue weighted by Gasteiger charge is 2.15. The van der Waals surface area contributed by atoms with Crippen LogP contribution in [-0.2, 0) is 4.79 Å². The van der Waals surface area contributed by atoms with Crippen molar-refractivity contribution in [3.8, 4) is 5.69 Å². The van der Waals surface area contributed by atoms with E-state index < -0.39 is 11.9 Å². The van der Waals surface area contributed by atoms with E-state index in [0.717, 1.165) is 17.3 Å².